The summed E-state index contributed by atoms with van der Waals surface area (Å²) in [4.78, 5) is 29.1. The number of carbonyl (C=O) groups is 2. The number of phenolic OH excluding ortho intramolecular Hbond substituents is 1. The van der Waals surface area contributed by atoms with Crippen LogP contribution >= 0.6 is 0 Å². The Morgan fingerprint density at radius 1 is 1.14 bits per heavy atom. The summed E-state index contributed by atoms with van der Waals surface area (Å²) in [7, 11) is 1.58. The number of amides is 2. The number of phenols is 1. The van der Waals surface area contributed by atoms with Crippen LogP contribution in [0, 0.1) is 5.92 Å². The van der Waals surface area contributed by atoms with Crippen LogP contribution in [0.15, 0.2) is 54.6 Å². The lowest BCUT2D eigenvalue weighted by molar-refractivity contribution is -0.135. The zero-order valence-corrected chi connectivity index (χ0v) is 16.4. The fraction of sp³-hybridized carbons (Fsp3) is 0.304. The minimum atomic E-state index is -0.337. The molecule has 0 aliphatic carbocycles. The van der Waals surface area contributed by atoms with Gasteiger partial charge in [-0.15, -0.1) is 0 Å². The Morgan fingerprint density at radius 2 is 1.90 bits per heavy atom. The zero-order chi connectivity index (χ0) is 20.4. The van der Waals surface area contributed by atoms with E-state index < -0.39 is 0 Å². The first-order chi connectivity index (χ1) is 14.1. The Hall–Kier alpha value is -3.28. The lowest BCUT2D eigenvalue weighted by Gasteiger charge is -2.29. The molecule has 1 atom stereocenters. The van der Waals surface area contributed by atoms with Gasteiger partial charge in [-0.25, -0.2) is 0 Å². The fourth-order valence-electron chi connectivity index (χ4n) is 4.02. The van der Waals surface area contributed by atoms with Crippen LogP contribution in [0.25, 0.3) is 5.57 Å². The molecule has 29 heavy (non-hydrogen) atoms. The molecule has 6 heteroatoms. The molecule has 2 aromatic rings. The predicted molar refractivity (Wildman–Crippen MR) is 111 cm³/mol. The van der Waals surface area contributed by atoms with Crippen molar-refractivity contribution in [3.63, 3.8) is 0 Å². The number of anilines is 1. The average molecular weight is 392 g/mol. The van der Waals surface area contributed by atoms with Crippen LogP contribution in [-0.2, 0) is 9.59 Å². The van der Waals surface area contributed by atoms with Crippen molar-refractivity contribution in [2.75, 3.05) is 31.6 Å². The van der Waals surface area contributed by atoms with Gasteiger partial charge in [0.2, 0.25) is 11.8 Å². The van der Waals surface area contributed by atoms with E-state index in [0.717, 1.165) is 12.0 Å². The van der Waals surface area contributed by atoms with Crippen molar-refractivity contribution in [2.24, 2.45) is 5.92 Å². The molecule has 2 amide bonds. The summed E-state index contributed by atoms with van der Waals surface area (Å²) in [6.45, 7) is 1.54. The lowest BCUT2D eigenvalue weighted by Crippen LogP contribution is -2.39. The van der Waals surface area contributed by atoms with Crippen molar-refractivity contribution in [1.82, 2.24) is 4.90 Å². The molecule has 1 fully saturated rings. The number of methoxy groups -OCH3 is 1. The Kier molecular flexibility index (Phi) is 5.25. The average Bonchev–Trinajstić information content (AvgIpc) is 3.15. The van der Waals surface area contributed by atoms with Gasteiger partial charge in [-0.2, -0.15) is 0 Å². The van der Waals surface area contributed by atoms with Gasteiger partial charge >= 0.3 is 0 Å². The van der Waals surface area contributed by atoms with Crippen LogP contribution < -0.4 is 9.64 Å². The van der Waals surface area contributed by atoms with E-state index in [1.165, 1.54) is 5.57 Å². The van der Waals surface area contributed by atoms with E-state index in [2.05, 4.69) is 6.08 Å². The van der Waals surface area contributed by atoms with E-state index in [-0.39, 0.29) is 29.9 Å². The van der Waals surface area contributed by atoms with Crippen molar-refractivity contribution < 1.29 is 19.4 Å². The molecule has 0 spiro atoms. The van der Waals surface area contributed by atoms with Gasteiger partial charge in [0.05, 0.1) is 18.7 Å². The number of benzene rings is 2. The van der Waals surface area contributed by atoms with Gasteiger partial charge in [0, 0.05) is 26.1 Å². The van der Waals surface area contributed by atoms with E-state index in [4.69, 9.17) is 4.74 Å². The molecule has 150 valence electrons. The summed E-state index contributed by atoms with van der Waals surface area (Å²) >= 11 is 0. The third-order valence-corrected chi connectivity index (χ3v) is 5.61. The first-order valence-corrected chi connectivity index (χ1v) is 9.77. The molecule has 2 aliphatic rings. The van der Waals surface area contributed by atoms with E-state index in [9.17, 15) is 14.7 Å². The van der Waals surface area contributed by atoms with Gasteiger partial charge in [0.15, 0.2) is 0 Å². The first-order valence-electron chi connectivity index (χ1n) is 9.77. The molecule has 1 saturated heterocycles. The molecular formula is C23H24N2O4. The minimum Gasteiger partial charge on any atom is -0.508 e. The number of carbonyl (C=O) groups excluding carboxylic acids is 2. The van der Waals surface area contributed by atoms with E-state index in [0.29, 0.717) is 31.1 Å². The number of aromatic hydroxyl groups is 1. The molecule has 2 aromatic carbocycles. The number of hydrogen-bond donors (Lipinski definition) is 1. The van der Waals surface area contributed by atoms with Gasteiger partial charge in [-0.3, -0.25) is 9.59 Å². The van der Waals surface area contributed by atoms with Gasteiger partial charge < -0.3 is 19.6 Å². The standard InChI is InChI=1S/C23H24N2O4/c1-29-21-5-3-2-4-20(21)25-15-18(14-22(25)27)23(28)24-12-10-17(11-13-24)16-6-8-19(26)9-7-16/h2-10,18,26H,11-15H2,1H3. The number of ether oxygens (including phenoxy) is 1. The van der Waals surface area contributed by atoms with Crippen molar-refractivity contribution in [3.05, 3.63) is 60.2 Å². The van der Waals surface area contributed by atoms with Crippen LogP contribution in [0.4, 0.5) is 5.69 Å². The van der Waals surface area contributed by atoms with Crippen molar-refractivity contribution in [1.29, 1.82) is 0 Å². The fourth-order valence-corrected chi connectivity index (χ4v) is 4.02. The SMILES string of the molecule is COc1ccccc1N1CC(C(=O)N2CC=C(c3ccc(O)cc3)CC2)CC1=O. The summed E-state index contributed by atoms with van der Waals surface area (Å²) in [6, 6.07) is 14.5. The highest BCUT2D eigenvalue weighted by Crippen LogP contribution is 2.34. The number of nitrogens with zero attached hydrogens (tertiary/aromatic N) is 2. The van der Waals surface area contributed by atoms with Crippen molar-refractivity contribution in [2.45, 2.75) is 12.8 Å². The van der Waals surface area contributed by atoms with Crippen LogP contribution in [0.3, 0.4) is 0 Å². The third-order valence-electron chi connectivity index (χ3n) is 5.61. The second-order valence-corrected chi connectivity index (χ2v) is 7.39. The van der Waals surface area contributed by atoms with Crippen LogP contribution in [0.2, 0.25) is 0 Å². The van der Waals surface area contributed by atoms with Crippen molar-refractivity contribution in [3.8, 4) is 11.5 Å². The third kappa shape index (κ3) is 3.83. The van der Waals surface area contributed by atoms with Gasteiger partial charge in [-0.05, 0) is 41.8 Å². The summed E-state index contributed by atoms with van der Waals surface area (Å²) in [6.07, 6.45) is 3.04. The molecule has 0 saturated carbocycles. The first kappa shape index (κ1) is 19.1. The largest absolute Gasteiger partial charge is 0.508 e. The Bertz CT molecular complexity index is 952. The molecule has 1 unspecified atom stereocenters. The molecule has 0 bridgehead atoms. The number of rotatable bonds is 4. The highest BCUT2D eigenvalue weighted by atomic mass is 16.5. The lowest BCUT2D eigenvalue weighted by atomic mass is 9.98. The maximum atomic E-state index is 13.0. The normalized spacial score (nSPS) is 19.3. The topological polar surface area (TPSA) is 70.1 Å². The van der Waals surface area contributed by atoms with Gasteiger partial charge in [0.25, 0.3) is 0 Å². The maximum Gasteiger partial charge on any atom is 0.228 e. The molecule has 1 N–H and O–H groups in total. The molecule has 4 rings (SSSR count). The van der Waals surface area contributed by atoms with E-state index in [1.807, 2.05) is 41.3 Å². The Balaban J connectivity index is 1.43. The van der Waals surface area contributed by atoms with Crippen LogP contribution in [-0.4, -0.2) is 48.6 Å². The van der Waals surface area contributed by atoms with Crippen LogP contribution in [0.1, 0.15) is 18.4 Å². The molecule has 0 radical (unpaired) electrons. The van der Waals surface area contributed by atoms with Crippen molar-refractivity contribution >= 4 is 23.1 Å². The van der Waals surface area contributed by atoms with Gasteiger partial charge in [0.1, 0.15) is 11.5 Å². The zero-order valence-electron chi connectivity index (χ0n) is 16.4. The Morgan fingerprint density at radius 3 is 2.59 bits per heavy atom. The van der Waals surface area contributed by atoms with Crippen LogP contribution in [0.5, 0.6) is 11.5 Å². The predicted octanol–water partition coefficient (Wildman–Crippen LogP) is 3.07. The minimum absolute atomic E-state index is 0.0248. The maximum absolute atomic E-state index is 13.0. The summed E-state index contributed by atoms with van der Waals surface area (Å²) < 4.78 is 5.37. The summed E-state index contributed by atoms with van der Waals surface area (Å²) in [5.41, 5.74) is 2.95. The summed E-state index contributed by atoms with van der Waals surface area (Å²) in [5.74, 6) is 0.513. The van der Waals surface area contributed by atoms with Gasteiger partial charge in [-0.1, -0.05) is 30.3 Å². The van der Waals surface area contributed by atoms with E-state index in [1.54, 1.807) is 24.1 Å². The quantitative estimate of drug-likeness (QED) is 0.868. The monoisotopic (exact) mass is 392 g/mol. The highest BCUT2D eigenvalue weighted by molar-refractivity contribution is 6.01. The second kappa shape index (κ2) is 7.99. The van der Waals surface area contributed by atoms with E-state index >= 15 is 0 Å². The number of hydrogen-bond acceptors (Lipinski definition) is 4. The number of para-hydroxylation sites is 2. The highest BCUT2D eigenvalue weighted by Gasteiger charge is 2.38. The molecule has 2 aliphatic heterocycles. The molecule has 0 aromatic heterocycles. The summed E-state index contributed by atoms with van der Waals surface area (Å²) in [5, 5.41) is 9.44. The molecule has 6 nitrogen and oxygen atoms in total. The second-order valence-electron chi connectivity index (χ2n) is 7.39. The smallest absolute Gasteiger partial charge is 0.228 e. The Labute approximate surface area is 170 Å². The molecule has 2 heterocycles. The molecular weight excluding hydrogens is 368 g/mol.